The molecule has 0 aromatic heterocycles. The third kappa shape index (κ3) is 3.11. The first-order valence-electron chi connectivity index (χ1n) is 5.54. The van der Waals surface area contributed by atoms with E-state index in [2.05, 4.69) is 0 Å². The molecule has 5 N–H and O–H groups in total. The van der Waals surface area contributed by atoms with Gasteiger partial charge < -0.3 is 10.8 Å². The second-order valence-corrected chi connectivity index (χ2v) is 5.75. The predicted molar refractivity (Wildman–Crippen MR) is 72.7 cm³/mol. The second-order valence-electron chi connectivity index (χ2n) is 4.19. The van der Waals surface area contributed by atoms with Gasteiger partial charge in [0.1, 0.15) is 6.10 Å². The van der Waals surface area contributed by atoms with Crippen molar-refractivity contribution < 1.29 is 13.5 Å². The summed E-state index contributed by atoms with van der Waals surface area (Å²) in [6, 6.07) is 12.6. The van der Waals surface area contributed by atoms with E-state index in [0.717, 1.165) is 0 Å². The first kappa shape index (κ1) is 13.5. The van der Waals surface area contributed by atoms with E-state index in [9.17, 15) is 13.5 Å². The Morgan fingerprint density at radius 2 is 1.63 bits per heavy atom. The minimum absolute atomic E-state index is 0.0102. The van der Waals surface area contributed by atoms with E-state index < -0.39 is 16.1 Å². The normalized spacial score (nSPS) is 13.2. The molecule has 2 rings (SSSR count). The summed E-state index contributed by atoms with van der Waals surface area (Å²) in [5, 5.41) is 15.2. The van der Waals surface area contributed by atoms with Gasteiger partial charge in [0.15, 0.2) is 0 Å². The second kappa shape index (κ2) is 5.00. The zero-order valence-electron chi connectivity index (χ0n) is 10.0. The van der Waals surface area contributed by atoms with Crippen LogP contribution in [0.2, 0.25) is 0 Å². The lowest BCUT2D eigenvalue weighted by atomic mass is 10.0. The molecule has 6 heteroatoms. The number of sulfonamides is 1. The number of aliphatic hydroxyl groups excluding tert-OH is 1. The Kier molecular flexibility index (Phi) is 3.57. The van der Waals surface area contributed by atoms with Crippen LogP contribution in [-0.2, 0) is 10.0 Å². The monoisotopic (exact) mass is 278 g/mol. The largest absolute Gasteiger partial charge is 0.399 e. The van der Waals surface area contributed by atoms with Crippen molar-refractivity contribution in [3.05, 3.63) is 59.7 Å². The van der Waals surface area contributed by atoms with E-state index in [-0.39, 0.29) is 4.90 Å². The molecule has 5 nitrogen and oxygen atoms in total. The van der Waals surface area contributed by atoms with Crippen LogP contribution in [0.4, 0.5) is 5.69 Å². The van der Waals surface area contributed by atoms with Gasteiger partial charge in [-0.05, 0) is 35.4 Å². The van der Waals surface area contributed by atoms with Crippen LogP contribution in [0, 0.1) is 0 Å². The van der Waals surface area contributed by atoms with Crippen molar-refractivity contribution in [1.29, 1.82) is 0 Å². The fraction of sp³-hybridized carbons (Fsp3) is 0.0769. The van der Waals surface area contributed by atoms with Crippen molar-refractivity contribution in [2.45, 2.75) is 11.0 Å². The van der Waals surface area contributed by atoms with Gasteiger partial charge >= 0.3 is 0 Å². The van der Waals surface area contributed by atoms with E-state index >= 15 is 0 Å². The van der Waals surface area contributed by atoms with Gasteiger partial charge in [0.25, 0.3) is 0 Å². The van der Waals surface area contributed by atoms with Gasteiger partial charge in [-0.15, -0.1) is 0 Å². The van der Waals surface area contributed by atoms with Gasteiger partial charge in [0.2, 0.25) is 10.0 Å². The van der Waals surface area contributed by atoms with Crippen LogP contribution in [0.25, 0.3) is 0 Å². The van der Waals surface area contributed by atoms with Gasteiger partial charge in [-0.2, -0.15) is 0 Å². The lowest BCUT2D eigenvalue weighted by Gasteiger charge is -2.12. The third-order valence-electron chi connectivity index (χ3n) is 2.75. The van der Waals surface area contributed by atoms with Gasteiger partial charge in [-0.3, -0.25) is 0 Å². The molecule has 100 valence electrons. The minimum atomic E-state index is -3.72. The Balaban J connectivity index is 2.32. The van der Waals surface area contributed by atoms with Gasteiger partial charge in [0, 0.05) is 5.69 Å². The number of benzene rings is 2. The van der Waals surface area contributed by atoms with Crippen LogP contribution in [0.1, 0.15) is 17.2 Å². The Bertz CT molecular complexity index is 681. The van der Waals surface area contributed by atoms with Crippen molar-refractivity contribution in [2.24, 2.45) is 5.14 Å². The SMILES string of the molecule is Nc1cccc(C(O)c2ccc(S(N)(=O)=O)cc2)c1. The van der Waals surface area contributed by atoms with Crippen LogP contribution in [0.5, 0.6) is 0 Å². The molecule has 0 aliphatic carbocycles. The molecule has 0 bridgehead atoms. The molecule has 0 saturated heterocycles. The molecule has 1 unspecified atom stereocenters. The highest BCUT2D eigenvalue weighted by molar-refractivity contribution is 7.89. The Hall–Kier alpha value is -1.89. The molecule has 0 radical (unpaired) electrons. The molecule has 0 aliphatic heterocycles. The van der Waals surface area contributed by atoms with E-state index in [4.69, 9.17) is 10.9 Å². The lowest BCUT2D eigenvalue weighted by Crippen LogP contribution is -2.12. The summed E-state index contributed by atoms with van der Waals surface area (Å²) in [5.74, 6) is 0. The van der Waals surface area contributed by atoms with E-state index in [0.29, 0.717) is 16.8 Å². The summed E-state index contributed by atoms with van der Waals surface area (Å²) in [6.45, 7) is 0. The minimum Gasteiger partial charge on any atom is -0.399 e. The quantitative estimate of drug-likeness (QED) is 0.728. The van der Waals surface area contributed by atoms with Crippen molar-refractivity contribution in [1.82, 2.24) is 0 Å². The number of nitrogens with two attached hydrogens (primary N) is 2. The molecule has 19 heavy (non-hydrogen) atoms. The zero-order chi connectivity index (χ0) is 14.0. The van der Waals surface area contributed by atoms with Gasteiger partial charge in [0.05, 0.1) is 4.90 Å². The Labute approximate surface area is 111 Å². The van der Waals surface area contributed by atoms with Crippen LogP contribution in [0.3, 0.4) is 0 Å². The number of hydrogen-bond acceptors (Lipinski definition) is 4. The number of anilines is 1. The van der Waals surface area contributed by atoms with E-state index in [1.54, 1.807) is 24.3 Å². The maximum Gasteiger partial charge on any atom is 0.238 e. The maximum atomic E-state index is 11.1. The maximum absolute atomic E-state index is 11.1. The molecule has 0 aliphatic rings. The fourth-order valence-electron chi connectivity index (χ4n) is 1.76. The van der Waals surface area contributed by atoms with Crippen molar-refractivity contribution in [2.75, 3.05) is 5.73 Å². The van der Waals surface area contributed by atoms with Gasteiger partial charge in [-0.25, -0.2) is 13.6 Å². The van der Waals surface area contributed by atoms with Crippen molar-refractivity contribution in [3.63, 3.8) is 0 Å². The molecular formula is C13H14N2O3S. The summed E-state index contributed by atoms with van der Waals surface area (Å²) in [4.78, 5) is 0.0102. The molecule has 1 atom stereocenters. The third-order valence-corrected chi connectivity index (χ3v) is 3.68. The summed E-state index contributed by atoms with van der Waals surface area (Å²) in [6.07, 6.45) is -0.863. The molecule has 0 fully saturated rings. The highest BCUT2D eigenvalue weighted by Crippen LogP contribution is 2.24. The van der Waals surface area contributed by atoms with Crippen LogP contribution < -0.4 is 10.9 Å². The van der Waals surface area contributed by atoms with Crippen LogP contribution in [-0.4, -0.2) is 13.5 Å². The number of nitrogen functional groups attached to an aromatic ring is 1. The molecule has 0 heterocycles. The number of hydrogen-bond donors (Lipinski definition) is 3. The molecule has 2 aromatic rings. The average Bonchev–Trinajstić information content (AvgIpc) is 2.37. The Morgan fingerprint density at radius 3 is 2.16 bits per heavy atom. The smallest absolute Gasteiger partial charge is 0.238 e. The van der Waals surface area contributed by atoms with Crippen LogP contribution >= 0.6 is 0 Å². The topological polar surface area (TPSA) is 106 Å². The summed E-state index contributed by atoms with van der Waals surface area (Å²) in [7, 11) is -3.72. The van der Waals surface area contributed by atoms with Crippen molar-refractivity contribution >= 4 is 15.7 Å². The highest BCUT2D eigenvalue weighted by atomic mass is 32.2. The zero-order valence-corrected chi connectivity index (χ0v) is 10.8. The Morgan fingerprint density at radius 1 is 1.00 bits per heavy atom. The van der Waals surface area contributed by atoms with Gasteiger partial charge in [-0.1, -0.05) is 24.3 Å². The molecule has 0 spiro atoms. The molecule has 0 saturated carbocycles. The molecule has 0 amide bonds. The number of primary sulfonamides is 1. The molecule has 2 aromatic carbocycles. The summed E-state index contributed by atoms with van der Waals surface area (Å²) >= 11 is 0. The lowest BCUT2D eigenvalue weighted by molar-refractivity contribution is 0.220. The first-order chi connectivity index (χ1) is 8.88. The molecular weight excluding hydrogens is 264 g/mol. The standard InChI is InChI=1S/C13H14N2O3S/c14-11-3-1-2-10(8-11)13(16)9-4-6-12(7-5-9)19(15,17)18/h1-8,13,16H,14H2,(H2,15,17,18). The fourth-order valence-corrected chi connectivity index (χ4v) is 2.28. The predicted octanol–water partition coefficient (Wildman–Crippen LogP) is 0.998. The van der Waals surface area contributed by atoms with Crippen molar-refractivity contribution in [3.8, 4) is 0 Å². The van der Waals surface area contributed by atoms with E-state index in [1.807, 2.05) is 0 Å². The van der Waals surface area contributed by atoms with E-state index in [1.165, 1.54) is 24.3 Å². The first-order valence-corrected chi connectivity index (χ1v) is 7.09. The average molecular weight is 278 g/mol. The number of aliphatic hydroxyl groups is 1. The highest BCUT2D eigenvalue weighted by Gasteiger charge is 2.12. The van der Waals surface area contributed by atoms with Crippen LogP contribution in [0.15, 0.2) is 53.4 Å². The summed E-state index contributed by atoms with van der Waals surface area (Å²) in [5.41, 5.74) is 7.41. The summed E-state index contributed by atoms with van der Waals surface area (Å²) < 4.78 is 22.3. The number of rotatable bonds is 3.